The second-order valence-electron chi connectivity index (χ2n) is 10.3. The summed E-state index contributed by atoms with van der Waals surface area (Å²) in [6.07, 6.45) is 0. The van der Waals surface area contributed by atoms with Crippen molar-refractivity contribution in [3.63, 3.8) is 0 Å². The van der Waals surface area contributed by atoms with Crippen molar-refractivity contribution >= 4 is 77.3 Å². The van der Waals surface area contributed by atoms with Gasteiger partial charge in [0.2, 0.25) is 0 Å². The third kappa shape index (κ3) is 6.07. The van der Waals surface area contributed by atoms with Crippen molar-refractivity contribution in [1.29, 1.82) is 0 Å². The van der Waals surface area contributed by atoms with Crippen LogP contribution in [-0.4, -0.2) is 78.5 Å². The predicted octanol–water partition coefficient (Wildman–Crippen LogP) is 4.25. The van der Waals surface area contributed by atoms with Crippen LogP contribution in [0.2, 0.25) is 10.0 Å². The zero-order chi connectivity index (χ0) is 34.4. The number of halogens is 2. The summed E-state index contributed by atoms with van der Waals surface area (Å²) in [4.78, 5) is 23.2. The fourth-order valence-electron chi connectivity index (χ4n) is 5.27. The highest BCUT2D eigenvalue weighted by Gasteiger charge is 2.35. The van der Waals surface area contributed by atoms with Crippen LogP contribution in [0.25, 0.3) is 10.8 Å². The van der Waals surface area contributed by atoms with Crippen molar-refractivity contribution in [1.82, 2.24) is 0 Å². The average molecular weight is 740 g/mol. The number of benzene rings is 4. The minimum Gasteiger partial charge on any atom is -0.486 e. The summed E-state index contributed by atoms with van der Waals surface area (Å²) < 4.78 is 79.7. The summed E-state index contributed by atoms with van der Waals surface area (Å²) in [5, 5.41) is 19.2. The van der Waals surface area contributed by atoms with Crippen LogP contribution < -0.4 is 27.6 Å². The molecule has 0 atom stereocenters. The maximum atomic E-state index is 14.1. The summed E-state index contributed by atoms with van der Waals surface area (Å²) in [6.45, 7) is -1.39. The molecule has 2 aliphatic heterocycles. The molecule has 0 fully saturated rings. The number of carbonyl (C=O) groups is 2. The van der Waals surface area contributed by atoms with E-state index in [1.807, 2.05) is 0 Å². The van der Waals surface area contributed by atoms with Gasteiger partial charge in [-0.15, -0.1) is 0 Å². The van der Waals surface area contributed by atoms with Gasteiger partial charge in [0.05, 0.1) is 21.4 Å². The molecule has 0 bridgehead atoms. The Hall–Kier alpha value is -4.64. The number of anilines is 2. The molecule has 6 rings (SSSR count). The number of hydrogen-bond acceptors (Lipinski definition) is 10. The summed E-state index contributed by atoms with van der Waals surface area (Å²) in [6, 6.07) is 13.0. The normalized spacial score (nSPS) is 14.0. The Morgan fingerprint density at radius 1 is 0.604 bits per heavy atom. The summed E-state index contributed by atoms with van der Waals surface area (Å²) in [7, 11) is -9.45. The van der Waals surface area contributed by atoms with Crippen molar-refractivity contribution < 1.29 is 55.6 Å². The van der Waals surface area contributed by atoms with Crippen LogP contribution in [-0.2, 0) is 29.6 Å². The second-order valence-corrected chi connectivity index (χ2v) is 14.8. The van der Waals surface area contributed by atoms with Gasteiger partial charge in [-0.05, 0) is 12.1 Å². The van der Waals surface area contributed by atoms with Crippen LogP contribution >= 0.6 is 23.2 Å². The number of sulfonamides is 2. The number of rotatable bonds is 10. The molecule has 48 heavy (non-hydrogen) atoms. The molecule has 0 saturated heterocycles. The first-order valence-corrected chi connectivity index (χ1v) is 17.6. The van der Waals surface area contributed by atoms with Gasteiger partial charge in [-0.25, -0.2) is 16.8 Å². The standard InChI is InChI=1S/C30H24Cl2N2O12S2/c31-19-11-23-25(45-9-7-43-23)13-27(19)47(39,40)33(15-29(35)36)21-5-6-22(18-4-2-1-3-17(18)21)34(16-30(37)38)48(41,42)28-14-26-24(12-20(28)32)44-8-10-46-26/h1-6,11-14H,7-10,15-16H2,(H,35,36)(H,37,38). The van der Waals surface area contributed by atoms with Gasteiger partial charge in [-0.2, -0.15) is 0 Å². The van der Waals surface area contributed by atoms with E-state index < -0.39 is 54.9 Å². The summed E-state index contributed by atoms with van der Waals surface area (Å²) in [5.74, 6) is -2.42. The second kappa shape index (κ2) is 12.8. The molecule has 252 valence electrons. The smallest absolute Gasteiger partial charge is 0.324 e. The van der Waals surface area contributed by atoms with Gasteiger partial charge in [-0.3, -0.25) is 18.2 Å². The van der Waals surface area contributed by atoms with E-state index in [2.05, 4.69) is 0 Å². The molecule has 2 N–H and O–H groups in total. The summed E-state index contributed by atoms with van der Waals surface area (Å²) >= 11 is 12.7. The Bertz CT molecular complexity index is 2040. The van der Waals surface area contributed by atoms with Gasteiger partial charge >= 0.3 is 11.9 Å². The molecule has 4 aromatic rings. The molecule has 0 unspecified atom stereocenters. The van der Waals surface area contributed by atoms with E-state index in [9.17, 15) is 36.6 Å². The van der Waals surface area contributed by atoms with E-state index in [1.54, 1.807) is 0 Å². The van der Waals surface area contributed by atoms with Crippen LogP contribution in [0.5, 0.6) is 23.0 Å². The number of ether oxygens (including phenoxy) is 4. The lowest BCUT2D eigenvalue weighted by Crippen LogP contribution is -2.37. The topological polar surface area (TPSA) is 186 Å². The summed E-state index contributed by atoms with van der Waals surface area (Å²) in [5.41, 5.74) is -0.319. The molecular formula is C30H24Cl2N2O12S2. The Morgan fingerprint density at radius 2 is 0.938 bits per heavy atom. The van der Waals surface area contributed by atoms with Gasteiger partial charge in [0.15, 0.2) is 23.0 Å². The molecular weight excluding hydrogens is 715 g/mol. The number of carboxylic acids is 2. The number of carboxylic acid groups (broad SMARTS) is 2. The lowest BCUT2D eigenvalue weighted by Gasteiger charge is -2.29. The van der Waals surface area contributed by atoms with Gasteiger partial charge in [0, 0.05) is 35.0 Å². The number of hydrogen-bond donors (Lipinski definition) is 2. The van der Waals surface area contributed by atoms with E-state index in [1.165, 1.54) is 48.5 Å². The highest BCUT2D eigenvalue weighted by Crippen LogP contribution is 2.44. The van der Waals surface area contributed by atoms with Gasteiger partial charge in [0.1, 0.15) is 49.3 Å². The van der Waals surface area contributed by atoms with Crippen LogP contribution in [0.15, 0.2) is 70.5 Å². The SMILES string of the molecule is O=C(O)CN(c1ccc(N(CC(=O)O)S(=O)(=O)c2cc3c(cc2Cl)OCCO3)c2ccccc12)S(=O)(=O)c1cc2c(cc1Cl)OCCO2. The molecule has 0 amide bonds. The van der Waals surface area contributed by atoms with Crippen molar-refractivity contribution in [2.45, 2.75) is 9.79 Å². The quantitative estimate of drug-likeness (QED) is 0.236. The zero-order valence-corrected chi connectivity index (χ0v) is 27.6. The highest BCUT2D eigenvalue weighted by atomic mass is 35.5. The van der Waals surface area contributed by atoms with E-state index in [4.69, 9.17) is 42.1 Å². The van der Waals surface area contributed by atoms with E-state index >= 15 is 0 Å². The maximum absolute atomic E-state index is 14.1. The van der Waals surface area contributed by atoms with E-state index in [0.717, 1.165) is 12.1 Å². The first-order chi connectivity index (χ1) is 22.8. The van der Waals surface area contributed by atoms with Crippen LogP contribution in [0, 0.1) is 0 Å². The lowest BCUT2D eigenvalue weighted by molar-refractivity contribution is -0.136. The van der Waals surface area contributed by atoms with Crippen molar-refractivity contribution in [2.75, 3.05) is 48.1 Å². The largest absolute Gasteiger partial charge is 0.486 e. The van der Waals surface area contributed by atoms with Crippen molar-refractivity contribution in [3.05, 3.63) is 70.7 Å². The Morgan fingerprint density at radius 3 is 1.27 bits per heavy atom. The Labute approximate surface area is 283 Å². The molecule has 2 aliphatic rings. The Kier molecular flexibility index (Phi) is 8.84. The Balaban J connectivity index is 1.52. The molecule has 14 nitrogen and oxygen atoms in total. The first-order valence-electron chi connectivity index (χ1n) is 14.0. The molecule has 0 aliphatic carbocycles. The van der Waals surface area contributed by atoms with E-state index in [-0.39, 0.29) is 81.6 Å². The third-order valence-electron chi connectivity index (χ3n) is 7.30. The fraction of sp³-hybridized carbons (Fsp3) is 0.200. The third-order valence-corrected chi connectivity index (χ3v) is 11.8. The average Bonchev–Trinajstić information content (AvgIpc) is 3.04. The number of fused-ring (bicyclic) bond motifs is 3. The highest BCUT2D eigenvalue weighted by molar-refractivity contribution is 7.93. The molecule has 2 heterocycles. The number of aliphatic carboxylic acids is 2. The minimum absolute atomic E-state index is 0.0763. The predicted molar refractivity (Wildman–Crippen MR) is 173 cm³/mol. The van der Waals surface area contributed by atoms with Crippen molar-refractivity contribution in [2.24, 2.45) is 0 Å². The van der Waals surface area contributed by atoms with E-state index in [0.29, 0.717) is 8.61 Å². The minimum atomic E-state index is -4.73. The monoisotopic (exact) mass is 738 g/mol. The molecule has 0 spiro atoms. The van der Waals surface area contributed by atoms with Crippen molar-refractivity contribution in [3.8, 4) is 23.0 Å². The molecule has 18 heteroatoms. The van der Waals surface area contributed by atoms with Crippen LogP contribution in [0.1, 0.15) is 0 Å². The molecule has 0 saturated carbocycles. The molecule has 4 aromatic carbocycles. The fourth-order valence-corrected chi connectivity index (χ4v) is 9.16. The van der Waals surface area contributed by atoms with Gasteiger partial charge in [-0.1, -0.05) is 47.5 Å². The zero-order valence-electron chi connectivity index (χ0n) is 24.5. The first kappa shape index (κ1) is 33.3. The molecule has 0 radical (unpaired) electrons. The van der Waals surface area contributed by atoms with Crippen LogP contribution in [0.4, 0.5) is 11.4 Å². The number of nitrogens with zero attached hydrogens (tertiary/aromatic N) is 2. The maximum Gasteiger partial charge on any atom is 0.324 e. The van der Waals surface area contributed by atoms with Crippen LogP contribution in [0.3, 0.4) is 0 Å². The van der Waals surface area contributed by atoms with Gasteiger partial charge in [0.25, 0.3) is 20.0 Å². The molecule has 0 aromatic heterocycles. The lowest BCUT2D eigenvalue weighted by atomic mass is 10.1. The van der Waals surface area contributed by atoms with Gasteiger partial charge < -0.3 is 29.2 Å².